The molecule has 0 aromatic heterocycles. The van der Waals surface area contributed by atoms with Crippen LogP contribution in [0.4, 0.5) is 0 Å². The van der Waals surface area contributed by atoms with Gasteiger partial charge in [-0.15, -0.1) is 0 Å². The maximum absolute atomic E-state index is 11.3. The van der Waals surface area contributed by atoms with Crippen LogP contribution in [-0.2, 0) is 0 Å². The van der Waals surface area contributed by atoms with Gasteiger partial charge in [0.15, 0.2) is 0 Å². The molecule has 2 aliphatic carbocycles. The van der Waals surface area contributed by atoms with E-state index in [1.165, 1.54) is 19.3 Å². The summed E-state index contributed by atoms with van der Waals surface area (Å²) < 4.78 is 0. The van der Waals surface area contributed by atoms with E-state index in [9.17, 15) is 10.4 Å². The van der Waals surface area contributed by atoms with Crippen molar-refractivity contribution in [1.82, 2.24) is 0 Å². The molecule has 0 amide bonds. The summed E-state index contributed by atoms with van der Waals surface area (Å²) in [6.45, 7) is 6.70. The van der Waals surface area contributed by atoms with Gasteiger partial charge in [-0.1, -0.05) is 33.6 Å². The van der Waals surface area contributed by atoms with Crippen molar-refractivity contribution in [2.75, 3.05) is 0 Å². The minimum atomic E-state index is -0.740. The van der Waals surface area contributed by atoms with Gasteiger partial charge in [-0.2, -0.15) is 5.26 Å². The van der Waals surface area contributed by atoms with E-state index in [1.807, 2.05) is 0 Å². The van der Waals surface area contributed by atoms with E-state index in [0.29, 0.717) is 11.8 Å². The van der Waals surface area contributed by atoms with Gasteiger partial charge in [0.1, 0.15) is 0 Å². The van der Waals surface area contributed by atoms with Gasteiger partial charge in [0, 0.05) is 0 Å². The Bertz CT molecular complexity index is 352. The SMILES string of the molecule is CCCC1CCC(C#N)(C2(O)CC(C)CC(C)C2)CC1. The van der Waals surface area contributed by atoms with E-state index in [4.69, 9.17) is 0 Å². The fraction of sp³-hybridized carbons (Fsp3) is 0.944. The zero-order chi connectivity index (χ0) is 14.8. The summed E-state index contributed by atoms with van der Waals surface area (Å²) in [5.74, 6) is 1.87. The van der Waals surface area contributed by atoms with Crippen molar-refractivity contribution in [1.29, 1.82) is 5.26 Å². The molecule has 2 atom stereocenters. The van der Waals surface area contributed by atoms with E-state index >= 15 is 0 Å². The van der Waals surface area contributed by atoms with Crippen molar-refractivity contribution in [2.24, 2.45) is 23.2 Å². The lowest BCUT2D eigenvalue weighted by Crippen LogP contribution is -2.53. The fourth-order valence-electron chi connectivity index (χ4n) is 5.03. The fourth-order valence-corrected chi connectivity index (χ4v) is 5.03. The summed E-state index contributed by atoms with van der Waals surface area (Å²) in [5, 5.41) is 21.1. The third kappa shape index (κ3) is 2.89. The normalized spacial score (nSPS) is 45.9. The molecule has 2 heteroatoms. The Morgan fingerprint density at radius 1 is 1.15 bits per heavy atom. The number of rotatable bonds is 3. The number of hydrogen-bond donors (Lipinski definition) is 1. The molecule has 2 fully saturated rings. The summed E-state index contributed by atoms with van der Waals surface area (Å²) in [7, 11) is 0. The lowest BCUT2D eigenvalue weighted by Gasteiger charge is -2.51. The van der Waals surface area contributed by atoms with Gasteiger partial charge in [0.2, 0.25) is 0 Å². The zero-order valence-electron chi connectivity index (χ0n) is 13.5. The predicted octanol–water partition coefficient (Wildman–Crippen LogP) is 4.67. The molecule has 1 N–H and O–H groups in total. The summed E-state index contributed by atoms with van der Waals surface area (Å²) in [6.07, 6.45) is 9.44. The second kappa shape index (κ2) is 6.06. The van der Waals surface area contributed by atoms with Crippen molar-refractivity contribution in [3.63, 3.8) is 0 Å². The largest absolute Gasteiger partial charge is 0.388 e. The highest BCUT2D eigenvalue weighted by atomic mass is 16.3. The average molecular weight is 277 g/mol. The Kier molecular flexibility index (Phi) is 4.80. The summed E-state index contributed by atoms with van der Waals surface area (Å²) in [6, 6.07) is 2.58. The van der Waals surface area contributed by atoms with Crippen molar-refractivity contribution in [3.05, 3.63) is 0 Å². The highest BCUT2D eigenvalue weighted by Crippen LogP contribution is 2.54. The molecule has 0 spiro atoms. The Balaban J connectivity index is 2.13. The lowest BCUT2D eigenvalue weighted by molar-refractivity contribution is -0.124. The first kappa shape index (κ1) is 15.8. The standard InChI is InChI=1S/C18H31NO/c1-4-5-16-6-8-17(13-19,9-7-16)18(20)11-14(2)10-15(3)12-18/h14-16,20H,4-12H2,1-3H3. The molecule has 0 bridgehead atoms. The van der Waals surface area contributed by atoms with E-state index < -0.39 is 11.0 Å². The molecule has 0 aromatic carbocycles. The van der Waals surface area contributed by atoms with Crippen LogP contribution in [-0.4, -0.2) is 10.7 Å². The number of hydrogen-bond acceptors (Lipinski definition) is 2. The smallest absolute Gasteiger partial charge is 0.0860 e. The Labute approximate surface area is 124 Å². The maximum atomic E-state index is 11.3. The van der Waals surface area contributed by atoms with Crippen LogP contribution in [0.25, 0.3) is 0 Å². The summed E-state index contributed by atoms with van der Waals surface area (Å²) in [4.78, 5) is 0. The van der Waals surface area contributed by atoms with Crippen LogP contribution in [0.1, 0.15) is 78.6 Å². The summed E-state index contributed by atoms with van der Waals surface area (Å²) in [5.41, 5.74) is -1.21. The molecule has 2 aliphatic rings. The minimum Gasteiger partial charge on any atom is -0.388 e. The van der Waals surface area contributed by atoms with E-state index in [0.717, 1.165) is 44.4 Å². The first-order chi connectivity index (χ1) is 9.44. The second-order valence-corrected chi connectivity index (χ2v) is 7.81. The predicted molar refractivity (Wildman–Crippen MR) is 82.0 cm³/mol. The molecular weight excluding hydrogens is 246 g/mol. The molecule has 2 rings (SSSR count). The molecule has 0 aromatic rings. The molecule has 2 saturated carbocycles. The molecular formula is C18H31NO. The first-order valence-corrected chi connectivity index (χ1v) is 8.58. The first-order valence-electron chi connectivity index (χ1n) is 8.58. The van der Waals surface area contributed by atoms with E-state index in [1.54, 1.807) is 0 Å². The van der Waals surface area contributed by atoms with Crippen molar-refractivity contribution in [2.45, 2.75) is 84.2 Å². The van der Waals surface area contributed by atoms with Crippen LogP contribution in [0.2, 0.25) is 0 Å². The topological polar surface area (TPSA) is 44.0 Å². The van der Waals surface area contributed by atoms with Gasteiger partial charge in [-0.3, -0.25) is 0 Å². The number of aliphatic hydroxyl groups is 1. The van der Waals surface area contributed by atoms with Crippen molar-refractivity contribution in [3.8, 4) is 6.07 Å². The molecule has 0 saturated heterocycles. The monoisotopic (exact) mass is 277 g/mol. The average Bonchev–Trinajstić information content (AvgIpc) is 2.38. The number of nitriles is 1. The van der Waals surface area contributed by atoms with Gasteiger partial charge < -0.3 is 5.11 Å². The third-order valence-corrected chi connectivity index (χ3v) is 5.94. The molecule has 2 nitrogen and oxygen atoms in total. The quantitative estimate of drug-likeness (QED) is 0.814. The molecule has 2 unspecified atom stereocenters. The van der Waals surface area contributed by atoms with Crippen molar-refractivity contribution < 1.29 is 5.11 Å². The molecule has 0 heterocycles. The van der Waals surface area contributed by atoms with Crippen LogP contribution >= 0.6 is 0 Å². The Hall–Kier alpha value is -0.550. The highest BCUT2D eigenvalue weighted by molar-refractivity contribution is 5.14. The van der Waals surface area contributed by atoms with Crippen LogP contribution in [0.15, 0.2) is 0 Å². The van der Waals surface area contributed by atoms with Gasteiger partial charge in [-0.05, 0) is 62.7 Å². The molecule has 0 radical (unpaired) electrons. The molecule has 0 aliphatic heterocycles. The van der Waals surface area contributed by atoms with E-state index in [-0.39, 0.29) is 0 Å². The molecule has 114 valence electrons. The van der Waals surface area contributed by atoms with Gasteiger partial charge in [0.05, 0.1) is 17.1 Å². The number of nitrogens with zero attached hydrogens (tertiary/aromatic N) is 1. The zero-order valence-corrected chi connectivity index (χ0v) is 13.5. The molecule has 20 heavy (non-hydrogen) atoms. The van der Waals surface area contributed by atoms with E-state index in [2.05, 4.69) is 26.8 Å². The van der Waals surface area contributed by atoms with Crippen LogP contribution in [0, 0.1) is 34.5 Å². The Morgan fingerprint density at radius 2 is 1.70 bits per heavy atom. The highest BCUT2D eigenvalue weighted by Gasteiger charge is 2.54. The second-order valence-electron chi connectivity index (χ2n) is 7.81. The van der Waals surface area contributed by atoms with Crippen molar-refractivity contribution >= 4 is 0 Å². The van der Waals surface area contributed by atoms with Crippen LogP contribution in [0.3, 0.4) is 0 Å². The van der Waals surface area contributed by atoms with Gasteiger partial charge in [-0.25, -0.2) is 0 Å². The van der Waals surface area contributed by atoms with Crippen LogP contribution < -0.4 is 0 Å². The third-order valence-electron chi connectivity index (χ3n) is 5.94. The lowest BCUT2D eigenvalue weighted by atomic mass is 9.55. The summed E-state index contributed by atoms with van der Waals surface area (Å²) >= 11 is 0. The van der Waals surface area contributed by atoms with Crippen LogP contribution in [0.5, 0.6) is 0 Å². The Morgan fingerprint density at radius 3 is 2.15 bits per heavy atom. The van der Waals surface area contributed by atoms with Gasteiger partial charge in [0.25, 0.3) is 0 Å². The maximum Gasteiger partial charge on any atom is 0.0860 e. The van der Waals surface area contributed by atoms with Gasteiger partial charge >= 0.3 is 0 Å². The minimum absolute atomic E-state index is 0.472.